The number of aliphatic hydroxyl groups excluding tert-OH is 7. The molecular weight excluding hydrogens is 360 g/mol. The maximum absolute atomic E-state index is 10.1. The van der Waals surface area contributed by atoms with Crippen molar-refractivity contribution in [2.45, 2.75) is 61.7 Å². The fraction of sp³-hybridized carbons (Fsp3) is 1.00. The number of ether oxygens (including phenoxy) is 3. The second-order valence-corrected chi connectivity index (χ2v) is 6.07. The Morgan fingerprint density at radius 1 is 0.885 bits per heavy atom. The van der Waals surface area contributed by atoms with Crippen molar-refractivity contribution in [3.05, 3.63) is 0 Å². The number of hydrogen-bond donors (Lipinski definition) is 7. The lowest BCUT2D eigenvalue weighted by atomic mass is 9.99. The van der Waals surface area contributed by atoms with E-state index in [4.69, 9.17) is 24.2 Å². The predicted molar refractivity (Wildman–Crippen MR) is 79.1 cm³/mol. The lowest BCUT2D eigenvalue weighted by Crippen LogP contribution is -2.62. The largest absolute Gasteiger partial charge is 0.394 e. The minimum absolute atomic E-state index is 0.224. The summed E-state index contributed by atoms with van der Waals surface area (Å²) in [6, 6.07) is 0. The Bertz CT molecular complexity index is 438. The van der Waals surface area contributed by atoms with Gasteiger partial charge in [0.15, 0.2) is 6.29 Å². The summed E-state index contributed by atoms with van der Waals surface area (Å²) in [6.45, 7) is -0.0376. The maximum Gasteiger partial charge on any atom is 0.224 e. The van der Waals surface area contributed by atoms with E-state index < -0.39 is 68.0 Å². The van der Waals surface area contributed by atoms with Gasteiger partial charge < -0.3 is 50.0 Å². The molecule has 12 nitrogen and oxygen atoms in total. The van der Waals surface area contributed by atoms with Crippen molar-refractivity contribution in [2.75, 3.05) is 26.4 Å². The van der Waals surface area contributed by atoms with Gasteiger partial charge in [0.05, 0.1) is 13.2 Å². The van der Waals surface area contributed by atoms with Crippen molar-refractivity contribution >= 4 is 0 Å². The van der Waals surface area contributed by atoms with Crippen molar-refractivity contribution in [1.29, 1.82) is 0 Å². The first-order chi connectivity index (χ1) is 12.3. The van der Waals surface area contributed by atoms with Crippen LogP contribution in [0.15, 0.2) is 0 Å². The minimum atomic E-state index is -2.22. The van der Waals surface area contributed by atoms with Crippen molar-refractivity contribution in [3.8, 4) is 0 Å². The first kappa shape index (κ1) is 21.8. The topological polar surface area (TPSA) is 188 Å². The molecule has 0 aromatic carbocycles. The normalized spacial score (nSPS) is 46.6. The minimum Gasteiger partial charge on any atom is -0.394 e. The van der Waals surface area contributed by atoms with Crippen LogP contribution < -0.4 is 0 Å². The van der Waals surface area contributed by atoms with E-state index in [2.05, 4.69) is 4.89 Å². The van der Waals surface area contributed by atoms with Gasteiger partial charge in [-0.1, -0.05) is 0 Å². The molecule has 26 heavy (non-hydrogen) atoms. The van der Waals surface area contributed by atoms with Gasteiger partial charge in [0.1, 0.15) is 55.9 Å². The summed E-state index contributed by atoms with van der Waals surface area (Å²) in [5, 5.41) is 68.7. The van der Waals surface area contributed by atoms with Gasteiger partial charge in [-0.15, -0.1) is 0 Å². The molecule has 2 heterocycles. The van der Waals surface area contributed by atoms with Crippen molar-refractivity contribution in [3.63, 3.8) is 0 Å². The number of aliphatic hydroxyl groups is 7. The van der Waals surface area contributed by atoms with E-state index in [1.807, 2.05) is 0 Å². The molecule has 9 atom stereocenters. The molecule has 2 saturated heterocycles. The summed E-state index contributed by atoms with van der Waals surface area (Å²) in [6.07, 6.45) is -12.4. The predicted octanol–water partition coefficient (Wildman–Crippen LogP) is -4.42. The first-order valence-electron chi connectivity index (χ1n) is 8.18. The van der Waals surface area contributed by atoms with Gasteiger partial charge in [0.25, 0.3) is 0 Å². The second kappa shape index (κ2) is 9.14. The van der Waals surface area contributed by atoms with E-state index in [0.29, 0.717) is 0 Å². The standard InChI is InChI=1S/C14H26O12/c1-2-22-23-4-7-8(17)10(19)11(20)13(24-7)26-14(5-16)12(21)9(18)6(3-15)25-14/h6-13,15-21H,2-5H2,1H3/t6-,7-,8-,9-,10+,11-,12+,13-,14+/m1/s1. The van der Waals surface area contributed by atoms with Gasteiger partial charge in [0, 0.05) is 0 Å². The molecule has 0 saturated carbocycles. The van der Waals surface area contributed by atoms with Crippen LogP contribution in [0.25, 0.3) is 0 Å². The average Bonchev–Trinajstić information content (AvgIpc) is 2.88. The van der Waals surface area contributed by atoms with E-state index >= 15 is 0 Å². The van der Waals surface area contributed by atoms with Crippen molar-refractivity contribution < 1.29 is 59.7 Å². The van der Waals surface area contributed by atoms with Gasteiger partial charge >= 0.3 is 0 Å². The summed E-state index contributed by atoms with van der Waals surface area (Å²) in [5.74, 6) is -2.22. The Balaban J connectivity index is 2.12. The highest BCUT2D eigenvalue weighted by Gasteiger charge is 2.58. The fourth-order valence-electron chi connectivity index (χ4n) is 2.82. The van der Waals surface area contributed by atoms with Crippen LogP contribution in [-0.4, -0.2) is 117 Å². The molecule has 0 spiro atoms. The zero-order valence-corrected chi connectivity index (χ0v) is 14.1. The molecule has 2 aliphatic heterocycles. The summed E-state index contributed by atoms with van der Waals surface area (Å²) in [7, 11) is 0. The molecule has 0 aromatic rings. The number of rotatable bonds is 8. The van der Waals surface area contributed by atoms with E-state index in [9.17, 15) is 30.6 Å². The van der Waals surface area contributed by atoms with Gasteiger partial charge in [-0.05, 0) is 6.92 Å². The van der Waals surface area contributed by atoms with E-state index in [0.717, 1.165) is 0 Å². The van der Waals surface area contributed by atoms with E-state index in [1.54, 1.807) is 6.92 Å². The van der Waals surface area contributed by atoms with Crippen molar-refractivity contribution in [1.82, 2.24) is 0 Å². The fourth-order valence-corrected chi connectivity index (χ4v) is 2.82. The molecule has 2 fully saturated rings. The van der Waals surface area contributed by atoms with Gasteiger partial charge in [-0.3, -0.25) is 0 Å². The Morgan fingerprint density at radius 2 is 1.58 bits per heavy atom. The molecule has 2 rings (SSSR count). The third-order valence-corrected chi connectivity index (χ3v) is 4.32. The molecular formula is C14H26O12. The summed E-state index contributed by atoms with van der Waals surface area (Å²) in [5.41, 5.74) is 0. The summed E-state index contributed by atoms with van der Waals surface area (Å²) < 4.78 is 15.9. The quantitative estimate of drug-likeness (QED) is 0.121. The average molecular weight is 386 g/mol. The van der Waals surface area contributed by atoms with Crippen LogP contribution in [0, 0.1) is 0 Å². The van der Waals surface area contributed by atoms with Crippen LogP contribution in [0.3, 0.4) is 0 Å². The SMILES string of the molecule is CCOOC[C@H]1O[C@H](O[C@]2(CO)O[C@H](CO)[C@@H](O)[C@@H]2O)[C@H](O)[C@@H](O)[C@@H]1O. The Hall–Kier alpha value is -0.480. The smallest absolute Gasteiger partial charge is 0.224 e. The third kappa shape index (κ3) is 4.16. The van der Waals surface area contributed by atoms with E-state index in [1.165, 1.54) is 0 Å². The molecule has 0 aliphatic carbocycles. The zero-order valence-electron chi connectivity index (χ0n) is 14.1. The van der Waals surface area contributed by atoms with Crippen molar-refractivity contribution in [2.24, 2.45) is 0 Å². The maximum atomic E-state index is 10.1. The third-order valence-electron chi connectivity index (χ3n) is 4.32. The van der Waals surface area contributed by atoms with Crippen LogP contribution in [0.4, 0.5) is 0 Å². The highest BCUT2D eigenvalue weighted by atomic mass is 17.2. The Morgan fingerprint density at radius 3 is 2.12 bits per heavy atom. The van der Waals surface area contributed by atoms with Crippen LogP contribution >= 0.6 is 0 Å². The number of hydrogen-bond acceptors (Lipinski definition) is 12. The van der Waals surface area contributed by atoms with Crippen LogP contribution in [-0.2, 0) is 24.0 Å². The van der Waals surface area contributed by atoms with Crippen LogP contribution in [0.1, 0.15) is 6.92 Å². The molecule has 0 amide bonds. The van der Waals surface area contributed by atoms with Gasteiger partial charge in [-0.2, -0.15) is 0 Å². The van der Waals surface area contributed by atoms with Crippen LogP contribution in [0.5, 0.6) is 0 Å². The molecule has 7 N–H and O–H groups in total. The summed E-state index contributed by atoms with van der Waals surface area (Å²) in [4.78, 5) is 9.46. The van der Waals surface area contributed by atoms with Gasteiger partial charge in [0.2, 0.25) is 5.79 Å². The molecule has 0 radical (unpaired) electrons. The molecule has 0 unspecified atom stereocenters. The first-order valence-corrected chi connectivity index (χ1v) is 8.18. The monoisotopic (exact) mass is 386 g/mol. The second-order valence-electron chi connectivity index (χ2n) is 6.07. The van der Waals surface area contributed by atoms with Gasteiger partial charge in [-0.25, -0.2) is 9.78 Å². The lowest BCUT2D eigenvalue weighted by Gasteiger charge is -2.43. The lowest BCUT2D eigenvalue weighted by molar-refractivity contribution is -0.394. The summed E-state index contributed by atoms with van der Waals surface area (Å²) >= 11 is 0. The Labute approximate surface area is 149 Å². The molecule has 154 valence electrons. The Kier molecular flexibility index (Phi) is 7.67. The van der Waals surface area contributed by atoms with Crippen LogP contribution in [0.2, 0.25) is 0 Å². The molecule has 12 heteroatoms. The highest BCUT2D eigenvalue weighted by Crippen LogP contribution is 2.35. The zero-order chi connectivity index (χ0) is 19.5. The molecule has 0 bridgehead atoms. The molecule has 0 aromatic heterocycles. The molecule has 2 aliphatic rings. The van der Waals surface area contributed by atoms with E-state index in [-0.39, 0.29) is 13.2 Å². The highest BCUT2D eigenvalue weighted by molar-refractivity contribution is 4.98.